The van der Waals surface area contributed by atoms with E-state index in [0.29, 0.717) is 26.2 Å². The highest BCUT2D eigenvalue weighted by Crippen LogP contribution is 2.21. The molecule has 8 heteroatoms. The molecule has 2 aromatic carbocycles. The SMILES string of the molecule is O=C(CNC(=O)c1ccc(Cl)cc1)N/N=C/c1ccc(Cl)c(Cl)c1. The van der Waals surface area contributed by atoms with Crippen molar-refractivity contribution in [3.63, 3.8) is 0 Å². The molecule has 2 N–H and O–H groups in total. The molecule has 2 amide bonds. The highest BCUT2D eigenvalue weighted by atomic mass is 35.5. The Kier molecular flexibility index (Phi) is 6.61. The molecule has 0 radical (unpaired) electrons. The van der Waals surface area contributed by atoms with E-state index in [4.69, 9.17) is 34.8 Å². The molecule has 2 rings (SSSR count). The van der Waals surface area contributed by atoms with Crippen LogP contribution in [0, 0.1) is 0 Å². The van der Waals surface area contributed by atoms with Crippen LogP contribution in [0.5, 0.6) is 0 Å². The number of rotatable bonds is 5. The lowest BCUT2D eigenvalue weighted by Crippen LogP contribution is -2.34. The Morgan fingerprint density at radius 3 is 2.38 bits per heavy atom. The van der Waals surface area contributed by atoms with Crippen molar-refractivity contribution in [1.29, 1.82) is 0 Å². The normalized spacial score (nSPS) is 10.6. The van der Waals surface area contributed by atoms with Crippen molar-refractivity contribution < 1.29 is 9.59 Å². The van der Waals surface area contributed by atoms with Gasteiger partial charge in [0.15, 0.2) is 0 Å². The van der Waals surface area contributed by atoms with Gasteiger partial charge in [-0.25, -0.2) is 5.43 Å². The van der Waals surface area contributed by atoms with E-state index < -0.39 is 5.91 Å². The Hall–Kier alpha value is -2.08. The van der Waals surface area contributed by atoms with Gasteiger partial charge in [0.2, 0.25) is 0 Å². The summed E-state index contributed by atoms with van der Waals surface area (Å²) in [6.45, 7) is -0.208. The minimum Gasteiger partial charge on any atom is -0.343 e. The van der Waals surface area contributed by atoms with Crippen LogP contribution in [0.1, 0.15) is 15.9 Å². The third-order valence-electron chi connectivity index (χ3n) is 2.86. The van der Waals surface area contributed by atoms with Crippen LogP contribution < -0.4 is 10.7 Å². The minimum atomic E-state index is -0.464. The van der Waals surface area contributed by atoms with Gasteiger partial charge in [-0.3, -0.25) is 9.59 Å². The predicted octanol–water partition coefficient (Wildman–Crippen LogP) is 3.53. The molecule has 0 aliphatic carbocycles. The molecule has 5 nitrogen and oxygen atoms in total. The average molecular weight is 385 g/mol. The van der Waals surface area contributed by atoms with Gasteiger partial charge >= 0.3 is 0 Å². The first-order chi connectivity index (χ1) is 11.5. The predicted molar refractivity (Wildman–Crippen MR) is 96.0 cm³/mol. The molecule has 0 saturated heterocycles. The molecule has 124 valence electrons. The van der Waals surface area contributed by atoms with Gasteiger partial charge in [0, 0.05) is 10.6 Å². The highest BCUT2D eigenvalue weighted by Gasteiger charge is 2.07. The molecule has 2 aromatic rings. The summed E-state index contributed by atoms with van der Waals surface area (Å²) in [5.41, 5.74) is 3.38. The van der Waals surface area contributed by atoms with Crippen molar-refractivity contribution in [2.24, 2.45) is 5.10 Å². The number of carbonyl (C=O) groups excluding carboxylic acids is 2. The van der Waals surface area contributed by atoms with Crippen LogP contribution in [0.25, 0.3) is 0 Å². The number of halogens is 3. The molecule has 0 aliphatic heterocycles. The van der Waals surface area contributed by atoms with Crippen molar-refractivity contribution >= 4 is 52.8 Å². The lowest BCUT2D eigenvalue weighted by molar-refractivity contribution is -0.120. The summed E-state index contributed by atoms with van der Waals surface area (Å²) in [6, 6.07) is 11.3. The number of carbonyl (C=O) groups is 2. The number of benzene rings is 2. The van der Waals surface area contributed by atoms with Crippen molar-refractivity contribution in [2.75, 3.05) is 6.54 Å². The lowest BCUT2D eigenvalue weighted by atomic mass is 10.2. The Morgan fingerprint density at radius 2 is 1.71 bits per heavy atom. The van der Waals surface area contributed by atoms with Gasteiger partial charge in [-0.1, -0.05) is 40.9 Å². The van der Waals surface area contributed by atoms with Crippen LogP contribution in [0.4, 0.5) is 0 Å². The van der Waals surface area contributed by atoms with E-state index >= 15 is 0 Å². The van der Waals surface area contributed by atoms with Gasteiger partial charge in [-0.05, 0) is 42.0 Å². The zero-order chi connectivity index (χ0) is 17.5. The Bertz CT molecular complexity index is 777. The molecule has 0 saturated carbocycles. The number of hydrogen-bond acceptors (Lipinski definition) is 3. The smallest absolute Gasteiger partial charge is 0.259 e. The Balaban J connectivity index is 1.80. The molecule has 0 aliphatic rings. The summed E-state index contributed by atoms with van der Waals surface area (Å²) in [5, 5.41) is 7.61. The fourth-order valence-electron chi connectivity index (χ4n) is 1.67. The summed E-state index contributed by atoms with van der Waals surface area (Å²) in [4.78, 5) is 23.5. The molecule has 0 spiro atoms. The average Bonchev–Trinajstić information content (AvgIpc) is 2.56. The van der Waals surface area contributed by atoms with Gasteiger partial charge < -0.3 is 5.32 Å². The van der Waals surface area contributed by atoms with E-state index in [2.05, 4.69) is 15.8 Å². The molecular formula is C16H12Cl3N3O2. The standard InChI is InChI=1S/C16H12Cl3N3O2/c17-12-4-2-11(3-5-12)16(24)20-9-15(23)22-21-8-10-1-6-13(18)14(19)7-10/h1-8H,9H2,(H,20,24)(H,22,23)/b21-8+. The number of hydrogen-bond donors (Lipinski definition) is 2. The van der Waals surface area contributed by atoms with E-state index in [0.717, 1.165) is 0 Å². The first kappa shape index (κ1) is 18.3. The second kappa shape index (κ2) is 8.68. The van der Waals surface area contributed by atoms with E-state index in [1.54, 1.807) is 42.5 Å². The largest absolute Gasteiger partial charge is 0.343 e. The van der Waals surface area contributed by atoms with Crippen LogP contribution in [-0.2, 0) is 4.79 Å². The van der Waals surface area contributed by atoms with Gasteiger partial charge in [0.25, 0.3) is 11.8 Å². The van der Waals surface area contributed by atoms with Gasteiger partial charge in [0.05, 0.1) is 22.8 Å². The third-order valence-corrected chi connectivity index (χ3v) is 3.85. The van der Waals surface area contributed by atoms with Crippen LogP contribution in [0.2, 0.25) is 15.1 Å². The van der Waals surface area contributed by atoms with Gasteiger partial charge in [-0.15, -0.1) is 0 Å². The second-order valence-electron chi connectivity index (χ2n) is 4.66. The summed E-state index contributed by atoms with van der Waals surface area (Å²) >= 11 is 17.4. The van der Waals surface area contributed by atoms with E-state index in [-0.39, 0.29) is 12.5 Å². The molecule has 0 bridgehead atoms. The first-order valence-corrected chi connectivity index (χ1v) is 7.90. The quantitative estimate of drug-likeness (QED) is 0.611. The molecule has 24 heavy (non-hydrogen) atoms. The number of amides is 2. The van der Waals surface area contributed by atoms with Crippen LogP contribution >= 0.6 is 34.8 Å². The molecule has 0 fully saturated rings. The summed E-state index contributed by atoms with van der Waals surface area (Å²) in [5.74, 6) is -0.844. The topological polar surface area (TPSA) is 70.6 Å². The molecule has 0 unspecified atom stereocenters. The fourth-order valence-corrected chi connectivity index (χ4v) is 2.11. The van der Waals surface area contributed by atoms with Gasteiger partial charge in [0.1, 0.15) is 0 Å². The van der Waals surface area contributed by atoms with Crippen molar-refractivity contribution in [2.45, 2.75) is 0 Å². The van der Waals surface area contributed by atoms with Crippen LogP contribution in [0.3, 0.4) is 0 Å². The summed E-state index contributed by atoms with van der Waals surface area (Å²) < 4.78 is 0. The maximum Gasteiger partial charge on any atom is 0.259 e. The third kappa shape index (κ3) is 5.53. The van der Waals surface area contributed by atoms with Crippen LogP contribution in [0.15, 0.2) is 47.6 Å². The molecular weight excluding hydrogens is 373 g/mol. The highest BCUT2D eigenvalue weighted by molar-refractivity contribution is 6.42. The van der Waals surface area contributed by atoms with Crippen LogP contribution in [-0.4, -0.2) is 24.6 Å². The van der Waals surface area contributed by atoms with E-state index in [9.17, 15) is 9.59 Å². The van der Waals surface area contributed by atoms with Gasteiger partial charge in [-0.2, -0.15) is 5.10 Å². The Labute approximate surface area is 153 Å². The lowest BCUT2D eigenvalue weighted by Gasteiger charge is -2.04. The fraction of sp³-hybridized carbons (Fsp3) is 0.0625. The number of nitrogens with zero attached hydrogens (tertiary/aromatic N) is 1. The minimum absolute atomic E-state index is 0.208. The second-order valence-corrected chi connectivity index (χ2v) is 5.91. The van der Waals surface area contributed by atoms with Crippen molar-refractivity contribution in [1.82, 2.24) is 10.7 Å². The van der Waals surface area contributed by atoms with Crippen molar-refractivity contribution in [3.05, 3.63) is 68.7 Å². The number of hydrazone groups is 1. The monoisotopic (exact) mass is 383 g/mol. The van der Waals surface area contributed by atoms with E-state index in [1.807, 2.05) is 0 Å². The molecule has 0 atom stereocenters. The van der Waals surface area contributed by atoms with E-state index in [1.165, 1.54) is 6.21 Å². The molecule has 0 aromatic heterocycles. The number of nitrogens with one attached hydrogen (secondary N) is 2. The zero-order valence-corrected chi connectivity index (χ0v) is 14.5. The summed E-state index contributed by atoms with van der Waals surface area (Å²) in [7, 11) is 0. The molecule has 0 heterocycles. The Morgan fingerprint density at radius 1 is 1.00 bits per heavy atom. The maximum atomic E-state index is 11.8. The maximum absolute atomic E-state index is 11.8. The zero-order valence-electron chi connectivity index (χ0n) is 12.2. The first-order valence-electron chi connectivity index (χ1n) is 6.76. The van der Waals surface area contributed by atoms with Crippen molar-refractivity contribution in [3.8, 4) is 0 Å². The summed E-state index contributed by atoms with van der Waals surface area (Å²) in [6.07, 6.45) is 1.42.